The first kappa shape index (κ1) is 14.1. The molecule has 15 heavy (non-hydrogen) atoms. The van der Waals surface area contributed by atoms with Crippen LogP contribution in [0.2, 0.25) is 0 Å². The first-order chi connectivity index (χ1) is 6.78. The number of rotatable bonds is 6. The highest BCUT2D eigenvalue weighted by Gasteiger charge is 2.22. The summed E-state index contributed by atoms with van der Waals surface area (Å²) in [5, 5.41) is 19.6. The van der Waals surface area contributed by atoms with Gasteiger partial charge in [0.25, 0.3) is 0 Å². The molecule has 2 unspecified atom stereocenters. The van der Waals surface area contributed by atoms with Crippen molar-refractivity contribution in [2.75, 3.05) is 13.7 Å². The van der Waals surface area contributed by atoms with E-state index in [4.69, 9.17) is 10.2 Å². The molecule has 0 amide bonds. The highest BCUT2D eigenvalue weighted by Crippen LogP contribution is 2.35. The molecule has 0 saturated heterocycles. The molecule has 0 aliphatic rings. The SMILES string of the molecule is CN=P(C)(O)NC(CCC(=O)O)C(=O)O. The van der Waals surface area contributed by atoms with Gasteiger partial charge in [-0.1, -0.05) is 0 Å². The number of nitrogens with zero attached hydrogens (tertiary/aromatic N) is 1. The van der Waals surface area contributed by atoms with E-state index in [9.17, 15) is 14.5 Å². The maximum Gasteiger partial charge on any atom is 0.321 e. The molecule has 2 atom stereocenters. The van der Waals surface area contributed by atoms with Gasteiger partial charge in [0.15, 0.2) is 0 Å². The Kier molecular flexibility index (Phi) is 5.49. The molecule has 0 radical (unpaired) electrons. The number of aliphatic carboxylic acids is 2. The largest absolute Gasteiger partial charge is 0.481 e. The third-order valence-electron chi connectivity index (χ3n) is 1.73. The van der Waals surface area contributed by atoms with E-state index < -0.39 is 25.4 Å². The van der Waals surface area contributed by atoms with Gasteiger partial charge in [-0.3, -0.25) is 14.3 Å². The van der Waals surface area contributed by atoms with E-state index in [1.165, 1.54) is 13.7 Å². The van der Waals surface area contributed by atoms with Gasteiger partial charge in [-0.05, 0) is 6.42 Å². The lowest BCUT2D eigenvalue weighted by Crippen LogP contribution is -2.34. The van der Waals surface area contributed by atoms with Crippen LogP contribution in [0.15, 0.2) is 4.74 Å². The summed E-state index contributed by atoms with van der Waals surface area (Å²) in [4.78, 5) is 30.5. The standard InChI is InChI=1S/C7H15N2O5P/c1-8-15(2,14)9-5(7(12)13)3-4-6(10)11/h5,9,14H,3-4H2,1-2H3,(H,10,11)(H,12,13). The van der Waals surface area contributed by atoms with Gasteiger partial charge < -0.3 is 15.1 Å². The molecule has 0 heterocycles. The fourth-order valence-corrected chi connectivity index (χ4v) is 1.81. The predicted molar refractivity (Wildman–Crippen MR) is 54.8 cm³/mol. The summed E-state index contributed by atoms with van der Waals surface area (Å²) in [6, 6.07) is -1.09. The van der Waals surface area contributed by atoms with Crippen LogP contribution in [0.4, 0.5) is 0 Å². The van der Waals surface area contributed by atoms with Crippen LogP contribution in [0.3, 0.4) is 0 Å². The lowest BCUT2D eigenvalue weighted by molar-refractivity contribution is -0.140. The Hall–Kier alpha value is -0.910. The van der Waals surface area contributed by atoms with Crippen molar-refractivity contribution in [1.29, 1.82) is 0 Å². The van der Waals surface area contributed by atoms with Crippen molar-refractivity contribution in [1.82, 2.24) is 5.09 Å². The van der Waals surface area contributed by atoms with Gasteiger partial charge in [-0.25, -0.2) is 5.09 Å². The quantitative estimate of drug-likeness (QED) is 0.490. The summed E-state index contributed by atoms with van der Waals surface area (Å²) < 4.78 is 3.61. The molecule has 0 aliphatic heterocycles. The Morgan fingerprint density at radius 1 is 1.47 bits per heavy atom. The summed E-state index contributed by atoms with van der Waals surface area (Å²) in [7, 11) is -1.42. The zero-order valence-corrected chi connectivity index (χ0v) is 9.44. The van der Waals surface area contributed by atoms with Gasteiger partial charge in [-0.15, -0.1) is 0 Å². The molecule has 0 aromatic carbocycles. The predicted octanol–water partition coefficient (Wildman–Crippen LogP) is 0.177. The minimum atomic E-state index is -2.79. The highest BCUT2D eigenvalue weighted by molar-refractivity contribution is 7.57. The third kappa shape index (κ3) is 6.22. The second-order valence-electron chi connectivity index (χ2n) is 3.07. The first-order valence-electron chi connectivity index (χ1n) is 4.21. The summed E-state index contributed by atoms with van der Waals surface area (Å²) in [5.74, 6) is -2.27. The summed E-state index contributed by atoms with van der Waals surface area (Å²) in [6.45, 7) is 1.39. The van der Waals surface area contributed by atoms with Crippen LogP contribution in [0.1, 0.15) is 12.8 Å². The Morgan fingerprint density at radius 3 is 2.33 bits per heavy atom. The van der Waals surface area contributed by atoms with E-state index in [1.807, 2.05) is 0 Å². The Bertz CT molecular complexity index is 298. The van der Waals surface area contributed by atoms with E-state index in [2.05, 4.69) is 9.83 Å². The molecule has 0 saturated carbocycles. The third-order valence-corrected chi connectivity index (χ3v) is 3.31. The first-order valence-corrected chi connectivity index (χ1v) is 6.35. The molecule has 0 aromatic rings. The zero-order valence-electron chi connectivity index (χ0n) is 8.54. The van der Waals surface area contributed by atoms with E-state index in [-0.39, 0.29) is 12.8 Å². The number of carboxylic acids is 2. The normalized spacial score (nSPS) is 16.5. The van der Waals surface area contributed by atoms with Crippen LogP contribution in [0, 0.1) is 0 Å². The van der Waals surface area contributed by atoms with Crippen LogP contribution in [0.25, 0.3) is 0 Å². The second kappa shape index (κ2) is 5.85. The fraction of sp³-hybridized carbons (Fsp3) is 0.714. The molecule has 0 spiro atoms. The molecular formula is C7H15N2O5P. The average molecular weight is 238 g/mol. The minimum Gasteiger partial charge on any atom is -0.481 e. The molecule has 0 rings (SSSR count). The van der Waals surface area contributed by atoms with Crippen LogP contribution < -0.4 is 5.09 Å². The molecule has 8 heteroatoms. The second-order valence-corrected chi connectivity index (χ2v) is 5.55. The lowest BCUT2D eigenvalue weighted by atomic mass is 10.2. The van der Waals surface area contributed by atoms with Gasteiger partial charge in [0, 0.05) is 20.1 Å². The lowest BCUT2D eigenvalue weighted by Gasteiger charge is -2.19. The molecule has 0 bridgehead atoms. The average Bonchev–Trinajstić information content (AvgIpc) is 2.11. The minimum absolute atomic E-state index is 0.0870. The molecule has 0 aromatic heterocycles. The smallest absolute Gasteiger partial charge is 0.321 e. The van der Waals surface area contributed by atoms with E-state index in [1.54, 1.807) is 0 Å². The maximum absolute atomic E-state index is 10.7. The van der Waals surface area contributed by atoms with Crippen molar-refractivity contribution in [3.05, 3.63) is 0 Å². The molecule has 0 aliphatic carbocycles. The van der Waals surface area contributed by atoms with E-state index in [0.29, 0.717) is 0 Å². The van der Waals surface area contributed by atoms with Gasteiger partial charge in [0.2, 0.25) is 0 Å². The number of hydrogen-bond acceptors (Lipinski definition) is 3. The van der Waals surface area contributed by atoms with Crippen LogP contribution in [0.5, 0.6) is 0 Å². The molecule has 0 fully saturated rings. The summed E-state index contributed by atoms with van der Waals surface area (Å²) in [5.41, 5.74) is 0. The van der Waals surface area contributed by atoms with E-state index in [0.717, 1.165) is 0 Å². The van der Waals surface area contributed by atoms with Crippen LogP contribution >= 0.6 is 7.43 Å². The molecule has 88 valence electrons. The summed E-state index contributed by atoms with van der Waals surface area (Å²) in [6.07, 6.45) is -0.357. The van der Waals surface area contributed by atoms with Gasteiger partial charge in [-0.2, -0.15) is 0 Å². The van der Waals surface area contributed by atoms with Crippen molar-refractivity contribution in [3.63, 3.8) is 0 Å². The number of carbonyl (C=O) groups is 2. The topological polar surface area (TPSA) is 119 Å². The fourth-order valence-electron chi connectivity index (χ4n) is 0.864. The summed E-state index contributed by atoms with van der Waals surface area (Å²) >= 11 is 0. The Balaban J connectivity index is 4.43. The maximum atomic E-state index is 10.7. The molecular weight excluding hydrogens is 223 g/mol. The van der Waals surface area contributed by atoms with Crippen LogP contribution in [-0.4, -0.2) is 46.8 Å². The van der Waals surface area contributed by atoms with Crippen molar-refractivity contribution in [3.8, 4) is 0 Å². The Morgan fingerprint density at radius 2 is 2.00 bits per heavy atom. The highest BCUT2D eigenvalue weighted by atomic mass is 31.2. The van der Waals surface area contributed by atoms with Gasteiger partial charge in [0.05, 0.1) is 0 Å². The van der Waals surface area contributed by atoms with Gasteiger partial charge in [0.1, 0.15) is 13.5 Å². The Labute approximate surface area is 87.3 Å². The van der Waals surface area contributed by atoms with Crippen molar-refractivity contribution < 1.29 is 24.7 Å². The van der Waals surface area contributed by atoms with Crippen molar-refractivity contribution in [2.24, 2.45) is 4.74 Å². The monoisotopic (exact) mass is 238 g/mol. The van der Waals surface area contributed by atoms with Gasteiger partial charge >= 0.3 is 11.9 Å². The van der Waals surface area contributed by atoms with Crippen LogP contribution in [-0.2, 0) is 9.59 Å². The van der Waals surface area contributed by atoms with Crippen molar-refractivity contribution >= 4 is 19.4 Å². The number of hydrogen-bond donors (Lipinski definition) is 4. The zero-order chi connectivity index (χ0) is 12.1. The molecule has 4 N–H and O–H groups in total. The number of carboxylic acid groups (broad SMARTS) is 2. The van der Waals surface area contributed by atoms with Crippen molar-refractivity contribution in [2.45, 2.75) is 18.9 Å². The molecule has 7 nitrogen and oxygen atoms in total. The number of nitrogens with one attached hydrogen (secondary N) is 1. The van der Waals surface area contributed by atoms with E-state index >= 15 is 0 Å².